The van der Waals surface area contributed by atoms with Crippen LogP contribution in [0.15, 0.2) is 53.0 Å². The molecule has 2 unspecified atom stereocenters. The second-order valence-electron chi connectivity index (χ2n) is 5.67. The van der Waals surface area contributed by atoms with Crippen LogP contribution in [0.4, 0.5) is 0 Å². The van der Waals surface area contributed by atoms with Crippen LogP contribution in [-0.2, 0) is 11.2 Å². The van der Waals surface area contributed by atoms with Crippen molar-refractivity contribution < 1.29 is 4.79 Å². The average molecular weight is 362 g/mol. The maximum absolute atomic E-state index is 11.4. The van der Waals surface area contributed by atoms with E-state index in [1.54, 1.807) is 6.92 Å². The topological polar surface area (TPSA) is 95.1 Å². The Labute approximate surface area is 138 Å². The number of nitrogens with two attached hydrogens (primary N) is 3. The third-order valence-electron chi connectivity index (χ3n) is 3.81. The third-order valence-corrected chi connectivity index (χ3v) is 4.31. The first-order chi connectivity index (χ1) is 10.3. The SMILES string of the molecule is CC(N)(C(N)=O)C(N)c1ccc(Cc2cccc(Br)c2)cc1. The van der Waals surface area contributed by atoms with Crippen LogP contribution in [0.5, 0.6) is 0 Å². The summed E-state index contributed by atoms with van der Waals surface area (Å²) >= 11 is 3.47. The molecule has 4 nitrogen and oxygen atoms in total. The van der Waals surface area contributed by atoms with Gasteiger partial charge in [-0.2, -0.15) is 0 Å². The first-order valence-corrected chi connectivity index (χ1v) is 7.77. The molecule has 0 fully saturated rings. The molecule has 0 heterocycles. The number of hydrogen-bond acceptors (Lipinski definition) is 3. The van der Waals surface area contributed by atoms with Crippen molar-refractivity contribution in [3.63, 3.8) is 0 Å². The molecule has 0 bridgehead atoms. The van der Waals surface area contributed by atoms with Gasteiger partial charge in [0.2, 0.25) is 5.91 Å². The molecule has 2 aromatic rings. The summed E-state index contributed by atoms with van der Waals surface area (Å²) in [5, 5.41) is 0. The summed E-state index contributed by atoms with van der Waals surface area (Å²) in [5.74, 6) is -0.613. The minimum atomic E-state index is -1.27. The van der Waals surface area contributed by atoms with Crippen LogP contribution in [0.2, 0.25) is 0 Å². The Kier molecular flexibility index (Phi) is 5.01. The third kappa shape index (κ3) is 3.74. The minimum absolute atomic E-state index is 0.613. The van der Waals surface area contributed by atoms with Crippen molar-refractivity contribution in [2.24, 2.45) is 17.2 Å². The minimum Gasteiger partial charge on any atom is -0.368 e. The Morgan fingerprint density at radius 1 is 1.18 bits per heavy atom. The van der Waals surface area contributed by atoms with E-state index in [9.17, 15) is 4.79 Å². The van der Waals surface area contributed by atoms with Crippen molar-refractivity contribution in [1.82, 2.24) is 0 Å². The number of amides is 1. The number of rotatable bonds is 5. The molecule has 0 aliphatic carbocycles. The van der Waals surface area contributed by atoms with E-state index in [-0.39, 0.29) is 0 Å². The van der Waals surface area contributed by atoms with Crippen LogP contribution in [0.1, 0.15) is 29.7 Å². The van der Waals surface area contributed by atoms with Gasteiger partial charge in [0.15, 0.2) is 0 Å². The summed E-state index contributed by atoms with van der Waals surface area (Å²) in [6.07, 6.45) is 0.824. The van der Waals surface area contributed by atoms with E-state index >= 15 is 0 Å². The molecule has 0 spiro atoms. The molecular formula is C17H20BrN3O. The number of hydrogen-bond donors (Lipinski definition) is 3. The van der Waals surface area contributed by atoms with Gasteiger partial charge in [0.1, 0.15) is 5.54 Å². The summed E-state index contributed by atoms with van der Waals surface area (Å²) in [7, 11) is 0. The zero-order valence-corrected chi connectivity index (χ0v) is 14.0. The predicted octanol–water partition coefficient (Wildman–Crippen LogP) is 2.24. The van der Waals surface area contributed by atoms with Gasteiger partial charge in [-0.25, -0.2) is 0 Å². The molecule has 0 aliphatic rings. The number of carbonyl (C=O) groups excluding carboxylic acids is 1. The van der Waals surface area contributed by atoms with Gasteiger partial charge in [-0.3, -0.25) is 4.79 Å². The lowest BCUT2D eigenvalue weighted by Crippen LogP contribution is -2.56. The summed E-state index contributed by atoms with van der Waals surface area (Å²) in [5.41, 5.74) is 19.2. The zero-order chi connectivity index (χ0) is 16.3. The molecular weight excluding hydrogens is 342 g/mol. The molecule has 0 saturated carbocycles. The van der Waals surface area contributed by atoms with E-state index in [0.29, 0.717) is 0 Å². The maximum atomic E-state index is 11.4. The molecule has 0 saturated heterocycles. The summed E-state index contributed by atoms with van der Waals surface area (Å²) < 4.78 is 1.06. The molecule has 22 heavy (non-hydrogen) atoms. The van der Waals surface area contributed by atoms with E-state index in [0.717, 1.165) is 22.0 Å². The fraction of sp³-hybridized carbons (Fsp3) is 0.235. The Morgan fingerprint density at radius 2 is 1.82 bits per heavy atom. The van der Waals surface area contributed by atoms with Gasteiger partial charge in [0.05, 0.1) is 6.04 Å². The van der Waals surface area contributed by atoms with Gasteiger partial charge < -0.3 is 17.2 Å². The van der Waals surface area contributed by atoms with Crippen LogP contribution < -0.4 is 17.2 Å². The van der Waals surface area contributed by atoms with Crippen molar-refractivity contribution >= 4 is 21.8 Å². The standard InChI is InChI=1S/C17H20BrN3O/c1-17(21,16(20)22)15(19)13-7-5-11(6-8-13)9-12-3-2-4-14(18)10-12/h2-8,10,15H,9,19,21H2,1H3,(H2,20,22). The Hall–Kier alpha value is -1.69. The molecule has 5 heteroatoms. The van der Waals surface area contributed by atoms with Crippen LogP contribution in [0.3, 0.4) is 0 Å². The van der Waals surface area contributed by atoms with Gasteiger partial charge in [-0.05, 0) is 42.2 Å². The number of benzene rings is 2. The van der Waals surface area contributed by atoms with Gasteiger partial charge in [-0.15, -0.1) is 0 Å². The summed E-state index contributed by atoms with van der Waals surface area (Å²) in [6.45, 7) is 1.55. The average Bonchev–Trinajstić information content (AvgIpc) is 2.47. The van der Waals surface area contributed by atoms with Crippen molar-refractivity contribution in [3.05, 3.63) is 69.7 Å². The fourth-order valence-corrected chi connectivity index (χ4v) is 2.67. The van der Waals surface area contributed by atoms with Crippen molar-refractivity contribution in [3.8, 4) is 0 Å². The lowest BCUT2D eigenvalue weighted by atomic mass is 9.87. The molecule has 0 radical (unpaired) electrons. The predicted molar refractivity (Wildman–Crippen MR) is 92.1 cm³/mol. The molecule has 6 N–H and O–H groups in total. The smallest absolute Gasteiger partial charge is 0.239 e. The Morgan fingerprint density at radius 3 is 2.36 bits per heavy atom. The summed E-state index contributed by atoms with van der Waals surface area (Å²) in [6, 6.07) is 15.3. The van der Waals surface area contributed by atoms with Crippen LogP contribution in [-0.4, -0.2) is 11.4 Å². The quantitative estimate of drug-likeness (QED) is 0.761. The highest BCUT2D eigenvalue weighted by atomic mass is 79.9. The highest BCUT2D eigenvalue weighted by molar-refractivity contribution is 9.10. The van der Waals surface area contributed by atoms with Crippen LogP contribution in [0, 0.1) is 0 Å². The number of primary amides is 1. The zero-order valence-electron chi connectivity index (χ0n) is 12.4. The molecule has 2 aromatic carbocycles. The van der Waals surface area contributed by atoms with E-state index in [4.69, 9.17) is 17.2 Å². The largest absolute Gasteiger partial charge is 0.368 e. The molecule has 2 atom stereocenters. The van der Waals surface area contributed by atoms with Gasteiger partial charge in [0, 0.05) is 4.47 Å². The van der Waals surface area contributed by atoms with E-state index in [2.05, 4.69) is 28.1 Å². The van der Waals surface area contributed by atoms with Crippen molar-refractivity contribution in [2.75, 3.05) is 0 Å². The van der Waals surface area contributed by atoms with Crippen molar-refractivity contribution in [1.29, 1.82) is 0 Å². The van der Waals surface area contributed by atoms with Crippen molar-refractivity contribution in [2.45, 2.75) is 24.9 Å². The lowest BCUT2D eigenvalue weighted by Gasteiger charge is -2.28. The molecule has 116 valence electrons. The van der Waals surface area contributed by atoms with Gasteiger partial charge >= 0.3 is 0 Å². The monoisotopic (exact) mass is 361 g/mol. The van der Waals surface area contributed by atoms with Gasteiger partial charge in [-0.1, -0.05) is 52.3 Å². The summed E-state index contributed by atoms with van der Waals surface area (Å²) in [4.78, 5) is 11.4. The molecule has 0 aliphatic heterocycles. The van der Waals surface area contributed by atoms with Gasteiger partial charge in [0.25, 0.3) is 0 Å². The normalized spacial score (nSPS) is 15.1. The second kappa shape index (κ2) is 6.60. The first-order valence-electron chi connectivity index (χ1n) is 6.98. The van der Waals surface area contributed by atoms with Crippen LogP contribution in [0.25, 0.3) is 0 Å². The van der Waals surface area contributed by atoms with Crippen LogP contribution >= 0.6 is 15.9 Å². The molecule has 1 amide bonds. The fourth-order valence-electron chi connectivity index (χ4n) is 2.22. The highest BCUT2D eigenvalue weighted by Crippen LogP contribution is 2.22. The number of halogens is 1. The maximum Gasteiger partial charge on any atom is 0.239 e. The first kappa shape index (κ1) is 16.7. The lowest BCUT2D eigenvalue weighted by molar-refractivity contribution is -0.123. The van der Waals surface area contributed by atoms with E-state index in [1.165, 1.54) is 5.56 Å². The molecule has 0 aromatic heterocycles. The molecule has 2 rings (SSSR count). The Bertz CT molecular complexity index is 668. The van der Waals surface area contributed by atoms with E-state index in [1.807, 2.05) is 36.4 Å². The number of carbonyl (C=O) groups is 1. The van der Waals surface area contributed by atoms with E-state index < -0.39 is 17.5 Å². The highest BCUT2D eigenvalue weighted by Gasteiger charge is 2.34. The Balaban J connectivity index is 2.15. The second-order valence-corrected chi connectivity index (χ2v) is 6.59.